The predicted octanol–water partition coefficient (Wildman–Crippen LogP) is 1.85. The summed E-state index contributed by atoms with van der Waals surface area (Å²) in [6, 6.07) is 6.91. The molecule has 2 amide bonds. The third kappa shape index (κ3) is 5.46. The first-order valence-corrected chi connectivity index (χ1v) is 11.9. The van der Waals surface area contributed by atoms with Crippen molar-refractivity contribution in [1.82, 2.24) is 14.8 Å². The van der Waals surface area contributed by atoms with E-state index in [1.165, 1.54) is 4.31 Å². The van der Waals surface area contributed by atoms with Crippen molar-refractivity contribution in [2.24, 2.45) is 5.92 Å². The van der Waals surface area contributed by atoms with Crippen LogP contribution in [0.15, 0.2) is 33.7 Å². The first-order chi connectivity index (χ1) is 15.2. The zero-order valence-electron chi connectivity index (χ0n) is 18.4. The van der Waals surface area contributed by atoms with Crippen LogP contribution in [-0.2, 0) is 19.6 Å². The van der Waals surface area contributed by atoms with Crippen LogP contribution >= 0.6 is 0 Å². The molecule has 0 bridgehead atoms. The predicted molar refractivity (Wildman–Crippen MR) is 117 cm³/mol. The number of hydrogen-bond acceptors (Lipinski definition) is 7. The van der Waals surface area contributed by atoms with Crippen LogP contribution in [0.2, 0.25) is 0 Å². The molecule has 2 heterocycles. The minimum atomic E-state index is -3.82. The molecule has 11 heteroatoms. The Hall–Kier alpha value is -2.92. The summed E-state index contributed by atoms with van der Waals surface area (Å²) >= 11 is 0. The SMILES string of the molecule is CCOc1ccc(NC(=O)CNC(=O)C2CCCN(S(=O)(=O)c3c(C)noc3C)C2)cc1. The fourth-order valence-corrected chi connectivity index (χ4v) is 5.48. The number of nitrogens with one attached hydrogen (secondary N) is 2. The number of carbonyl (C=O) groups excluding carboxylic acids is 2. The van der Waals surface area contributed by atoms with E-state index in [0.29, 0.717) is 43.1 Å². The second kappa shape index (κ2) is 10.1. The van der Waals surface area contributed by atoms with Gasteiger partial charge in [-0.2, -0.15) is 4.31 Å². The third-order valence-corrected chi connectivity index (χ3v) is 7.30. The van der Waals surface area contributed by atoms with E-state index in [-0.39, 0.29) is 35.6 Å². The number of sulfonamides is 1. The molecular formula is C21H28N4O6S. The molecule has 2 N–H and O–H groups in total. The number of carbonyl (C=O) groups is 2. The van der Waals surface area contributed by atoms with Crippen molar-refractivity contribution in [3.8, 4) is 5.75 Å². The molecule has 174 valence electrons. The molecule has 0 spiro atoms. The molecule has 0 saturated carbocycles. The lowest BCUT2D eigenvalue weighted by Gasteiger charge is -2.31. The minimum absolute atomic E-state index is 0.0404. The molecule has 0 aliphatic carbocycles. The van der Waals surface area contributed by atoms with E-state index in [1.807, 2.05) is 6.92 Å². The lowest BCUT2D eigenvalue weighted by atomic mass is 9.99. The van der Waals surface area contributed by atoms with Gasteiger partial charge < -0.3 is 19.9 Å². The van der Waals surface area contributed by atoms with Gasteiger partial charge in [-0.1, -0.05) is 5.16 Å². The number of aryl methyl sites for hydroxylation is 2. The zero-order chi connectivity index (χ0) is 23.3. The Morgan fingerprint density at radius 3 is 2.59 bits per heavy atom. The minimum Gasteiger partial charge on any atom is -0.494 e. The van der Waals surface area contributed by atoms with Gasteiger partial charge in [0.05, 0.1) is 19.1 Å². The molecule has 1 aromatic carbocycles. The largest absolute Gasteiger partial charge is 0.494 e. The second-order valence-corrected chi connectivity index (χ2v) is 9.45. The Morgan fingerprint density at radius 1 is 1.25 bits per heavy atom. The summed E-state index contributed by atoms with van der Waals surface area (Å²) in [6.45, 7) is 5.70. The van der Waals surface area contributed by atoms with E-state index in [0.717, 1.165) is 0 Å². The second-order valence-electron chi connectivity index (χ2n) is 7.58. The molecule has 1 atom stereocenters. The van der Waals surface area contributed by atoms with Gasteiger partial charge in [0.15, 0.2) is 5.76 Å². The molecule has 2 aromatic rings. The van der Waals surface area contributed by atoms with Gasteiger partial charge in [0.25, 0.3) is 0 Å². The highest BCUT2D eigenvalue weighted by molar-refractivity contribution is 7.89. The van der Waals surface area contributed by atoms with Crippen molar-refractivity contribution in [3.63, 3.8) is 0 Å². The summed E-state index contributed by atoms with van der Waals surface area (Å²) in [6.07, 6.45) is 1.08. The molecule has 1 aliphatic heterocycles. The maximum Gasteiger partial charge on any atom is 0.248 e. The summed E-state index contributed by atoms with van der Waals surface area (Å²) in [5.74, 6) is -0.353. The first-order valence-electron chi connectivity index (χ1n) is 10.5. The maximum absolute atomic E-state index is 13.0. The van der Waals surface area contributed by atoms with E-state index in [1.54, 1.807) is 38.1 Å². The highest BCUT2D eigenvalue weighted by Crippen LogP contribution is 2.27. The van der Waals surface area contributed by atoms with Crippen LogP contribution in [-0.4, -0.2) is 55.9 Å². The molecule has 3 rings (SSSR count). The first kappa shape index (κ1) is 23.7. The average molecular weight is 465 g/mol. The van der Waals surface area contributed by atoms with Crippen molar-refractivity contribution >= 4 is 27.5 Å². The normalized spacial score (nSPS) is 17.0. The van der Waals surface area contributed by atoms with Crippen LogP contribution in [0.25, 0.3) is 0 Å². The highest BCUT2D eigenvalue weighted by Gasteiger charge is 2.36. The van der Waals surface area contributed by atoms with Crippen LogP contribution in [0.3, 0.4) is 0 Å². The van der Waals surface area contributed by atoms with Gasteiger partial charge in [-0.25, -0.2) is 8.42 Å². The summed E-state index contributed by atoms with van der Waals surface area (Å²) in [7, 11) is -3.82. The van der Waals surface area contributed by atoms with Gasteiger partial charge in [0.2, 0.25) is 21.8 Å². The molecule has 32 heavy (non-hydrogen) atoms. The maximum atomic E-state index is 13.0. The monoisotopic (exact) mass is 464 g/mol. The molecule has 1 fully saturated rings. The van der Waals surface area contributed by atoms with Crippen molar-refractivity contribution in [3.05, 3.63) is 35.7 Å². The van der Waals surface area contributed by atoms with Gasteiger partial charge in [0, 0.05) is 18.8 Å². The number of piperidine rings is 1. The summed E-state index contributed by atoms with van der Waals surface area (Å²) < 4.78 is 37.7. The Kier molecular flexibility index (Phi) is 7.52. The molecule has 0 radical (unpaired) electrons. The van der Waals surface area contributed by atoms with Gasteiger partial charge >= 0.3 is 0 Å². The van der Waals surface area contributed by atoms with E-state index in [9.17, 15) is 18.0 Å². The Balaban J connectivity index is 1.54. The number of hydrogen-bond donors (Lipinski definition) is 2. The Labute approximate surface area is 187 Å². The van der Waals surface area contributed by atoms with Crippen LogP contribution in [0.5, 0.6) is 5.75 Å². The molecule has 1 aliphatic rings. The standard InChI is InChI=1S/C21H28N4O6S/c1-4-30-18-9-7-17(8-10-18)23-19(26)12-22-21(27)16-6-5-11-25(13-16)32(28,29)20-14(2)24-31-15(20)3/h7-10,16H,4-6,11-13H2,1-3H3,(H,22,27)(H,23,26). The fraction of sp³-hybridized carbons (Fsp3) is 0.476. The van der Waals surface area contributed by atoms with E-state index < -0.39 is 15.9 Å². The van der Waals surface area contributed by atoms with Gasteiger partial charge in [0.1, 0.15) is 16.3 Å². The number of anilines is 1. The molecular weight excluding hydrogens is 436 g/mol. The van der Waals surface area contributed by atoms with Crippen LogP contribution in [0, 0.1) is 19.8 Å². The number of nitrogens with zero attached hydrogens (tertiary/aromatic N) is 2. The smallest absolute Gasteiger partial charge is 0.248 e. The number of amides is 2. The number of rotatable bonds is 8. The van der Waals surface area contributed by atoms with Crippen LogP contribution < -0.4 is 15.4 Å². The van der Waals surface area contributed by atoms with Gasteiger partial charge in [-0.3, -0.25) is 9.59 Å². The lowest BCUT2D eigenvalue weighted by Crippen LogP contribution is -2.46. The zero-order valence-corrected chi connectivity index (χ0v) is 19.2. The lowest BCUT2D eigenvalue weighted by molar-refractivity contribution is -0.128. The molecule has 1 saturated heterocycles. The molecule has 1 aromatic heterocycles. The summed E-state index contributed by atoms with van der Waals surface area (Å²) in [5, 5.41) is 9.02. The topological polar surface area (TPSA) is 131 Å². The van der Waals surface area contributed by atoms with Crippen LogP contribution in [0.4, 0.5) is 5.69 Å². The van der Waals surface area contributed by atoms with Gasteiger partial charge in [-0.15, -0.1) is 0 Å². The molecule has 1 unspecified atom stereocenters. The van der Waals surface area contributed by atoms with E-state index in [2.05, 4.69) is 15.8 Å². The summed E-state index contributed by atoms with van der Waals surface area (Å²) in [4.78, 5) is 24.8. The number of ether oxygens (including phenoxy) is 1. The van der Waals surface area contributed by atoms with Crippen molar-refractivity contribution in [2.45, 2.75) is 38.5 Å². The quantitative estimate of drug-likeness (QED) is 0.609. The highest BCUT2D eigenvalue weighted by atomic mass is 32.2. The molecule has 10 nitrogen and oxygen atoms in total. The Morgan fingerprint density at radius 2 is 1.97 bits per heavy atom. The fourth-order valence-electron chi connectivity index (χ4n) is 3.66. The van der Waals surface area contributed by atoms with Crippen molar-refractivity contribution < 1.29 is 27.3 Å². The van der Waals surface area contributed by atoms with Gasteiger partial charge in [-0.05, 0) is 57.9 Å². The number of aromatic nitrogens is 1. The van der Waals surface area contributed by atoms with Crippen molar-refractivity contribution in [1.29, 1.82) is 0 Å². The van der Waals surface area contributed by atoms with Crippen LogP contribution in [0.1, 0.15) is 31.2 Å². The average Bonchev–Trinajstić information content (AvgIpc) is 3.12. The Bertz CT molecular complexity index is 1040. The van der Waals surface area contributed by atoms with E-state index in [4.69, 9.17) is 9.26 Å². The third-order valence-electron chi connectivity index (χ3n) is 5.19. The summed E-state index contributed by atoms with van der Waals surface area (Å²) in [5.41, 5.74) is 0.877. The number of benzene rings is 1. The van der Waals surface area contributed by atoms with Crippen molar-refractivity contribution in [2.75, 3.05) is 31.6 Å². The van der Waals surface area contributed by atoms with E-state index >= 15 is 0 Å².